The smallest absolute Gasteiger partial charge is 0.217 e. The van der Waals surface area contributed by atoms with Crippen LogP contribution in [0, 0.1) is 0 Å². The summed E-state index contributed by atoms with van der Waals surface area (Å²) in [6.45, 7) is 9.10. The fourth-order valence-corrected chi connectivity index (χ4v) is 3.32. The van der Waals surface area contributed by atoms with Crippen molar-refractivity contribution in [1.29, 1.82) is 0 Å². The molecular formula is C21H24N+. The van der Waals surface area contributed by atoms with Crippen LogP contribution in [0.1, 0.15) is 27.7 Å². The molecule has 0 aliphatic heterocycles. The largest absolute Gasteiger partial charge is 0.225 e. The zero-order chi connectivity index (χ0) is 15.7. The van der Waals surface area contributed by atoms with Crippen molar-refractivity contribution >= 4 is 0 Å². The Kier molecular flexibility index (Phi) is 3.98. The van der Waals surface area contributed by atoms with Gasteiger partial charge in [-0.15, -0.1) is 0 Å². The summed E-state index contributed by atoms with van der Waals surface area (Å²) in [4.78, 5) is 0. The first-order chi connectivity index (χ1) is 10.6. The molecule has 1 nitrogen and oxygen atoms in total. The average molecular weight is 290 g/mol. The van der Waals surface area contributed by atoms with E-state index in [1.165, 1.54) is 27.6 Å². The Balaban J connectivity index is 2.25. The maximum atomic E-state index is 2.53. The molecule has 22 heavy (non-hydrogen) atoms. The highest BCUT2D eigenvalue weighted by atomic mass is 15.1. The third-order valence-corrected chi connectivity index (χ3v) is 4.16. The maximum Gasteiger partial charge on any atom is 0.217 e. The van der Waals surface area contributed by atoms with Crippen LogP contribution >= 0.6 is 0 Å². The van der Waals surface area contributed by atoms with Gasteiger partial charge in [0.2, 0.25) is 5.36 Å². The summed E-state index contributed by atoms with van der Waals surface area (Å²) in [5, 5.41) is 1.42. The lowest BCUT2D eigenvalue weighted by Crippen LogP contribution is -2.38. The molecule has 0 aromatic heterocycles. The fourth-order valence-electron chi connectivity index (χ4n) is 3.32. The van der Waals surface area contributed by atoms with Gasteiger partial charge in [0.1, 0.15) is 12.1 Å². The third kappa shape index (κ3) is 2.64. The average Bonchev–Trinajstić information content (AvgIpc) is 3.23. The van der Waals surface area contributed by atoms with E-state index in [4.69, 9.17) is 0 Å². The van der Waals surface area contributed by atoms with Crippen molar-refractivity contribution in [3.05, 3.63) is 66.0 Å². The number of hydrogen-bond donors (Lipinski definition) is 0. The second-order valence-electron chi connectivity index (χ2n) is 6.43. The summed E-state index contributed by atoms with van der Waals surface area (Å²) in [7, 11) is 0. The van der Waals surface area contributed by atoms with Crippen LogP contribution in [-0.2, 0) is 0 Å². The van der Waals surface area contributed by atoms with Crippen LogP contribution in [0.2, 0.25) is 0 Å². The predicted molar refractivity (Wildman–Crippen MR) is 95.2 cm³/mol. The quantitative estimate of drug-likeness (QED) is 0.623. The number of hydrogen-bond acceptors (Lipinski definition) is 0. The Hall–Kier alpha value is -2.15. The highest BCUT2D eigenvalue weighted by Crippen LogP contribution is 2.34. The van der Waals surface area contributed by atoms with E-state index in [1.807, 2.05) is 0 Å². The molecule has 3 aromatic rings. The van der Waals surface area contributed by atoms with Gasteiger partial charge in [0.15, 0.2) is 0 Å². The van der Waals surface area contributed by atoms with Gasteiger partial charge in [-0.25, -0.2) is 4.58 Å². The van der Waals surface area contributed by atoms with Gasteiger partial charge in [0.05, 0.1) is 11.1 Å². The highest BCUT2D eigenvalue weighted by Gasteiger charge is 2.33. The zero-order valence-corrected chi connectivity index (χ0v) is 13.9. The number of rotatable bonds is 4. The van der Waals surface area contributed by atoms with Crippen LogP contribution < -0.4 is 9.93 Å². The minimum Gasteiger partial charge on any atom is -0.225 e. The summed E-state index contributed by atoms with van der Waals surface area (Å²) in [5.74, 6) is 0. The minimum absolute atomic E-state index is 0.495. The van der Waals surface area contributed by atoms with Crippen molar-refractivity contribution in [2.75, 3.05) is 0 Å². The lowest BCUT2D eigenvalue weighted by molar-refractivity contribution is 0.430. The van der Waals surface area contributed by atoms with Gasteiger partial charge >= 0.3 is 0 Å². The lowest BCUT2D eigenvalue weighted by atomic mass is 10.1. The summed E-state index contributed by atoms with van der Waals surface area (Å²) in [5.41, 5.74) is 5.47. The van der Waals surface area contributed by atoms with E-state index in [-0.39, 0.29) is 0 Å². The zero-order valence-electron chi connectivity index (χ0n) is 13.9. The van der Waals surface area contributed by atoms with E-state index >= 15 is 0 Å². The van der Waals surface area contributed by atoms with Gasteiger partial charge in [0.25, 0.3) is 0 Å². The molecule has 0 atom stereocenters. The van der Waals surface area contributed by atoms with Crippen molar-refractivity contribution in [2.24, 2.45) is 0 Å². The molecule has 3 rings (SSSR count). The number of benzene rings is 2. The molecule has 0 heterocycles. The Morgan fingerprint density at radius 3 is 1.27 bits per heavy atom. The van der Waals surface area contributed by atoms with Crippen molar-refractivity contribution in [2.45, 2.75) is 39.8 Å². The summed E-state index contributed by atoms with van der Waals surface area (Å²) >= 11 is 0. The van der Waals surface area contributed by atoms with Crippen LogP contribution in [0.25, 0.3) is 22.3 Å². The fraction of sp³-hybridized carbons (Fsp3) is 0.286. The SMILES string of the molecule is CC(C)[N+](=c1c(-c2ccccc2)c1-c1ccccc1)C(C)C. The van der Waals surface area contributed by atoms with Gasteiger partial charge in [-0.3, -0.25) is 0 Å². The highest BCUT2D eigenvalue weighted by molar-refractivity contribution is 5.93. The third-order valence-electron chi connectivity index (χ3n) is 4.16. The molecule has 112 valence electrons. The molecule has 0 saturated heterocycles. The van der Waals surface area contributed by atoms with Crippen LogP contribution in [-0.4, -0.2) is 12.1 Å². The maximum absolute atomic E-state index is 2.53. The van der Waals surface area contributed by atoms with Gasteiger partial charge in [0, 0.05) is 0 Å². The van der Waals surface area contributed by atoms with Gasteiger partial charge in [-0.2, -0.15) is 0 Å². The molecule has 0 unspecified atom stereocenters. The van der Waals surface area contributed by atoms with E-state index in [1.54, 1.807) is 0 Å². The Morgan fingerprint density at radius 2 is 0.955 bits per heavy atom. The van der Waals surface area contributed by atoms with Crippen LogP contribution in [0.5, 0.6) is 0 Å². The first-order valence-corrected chi connectivity index (χ1v) is 8.12. The Morgan fingerprint density at radius 1 is 0.591 bits per heavy atom. The normalized spacial score (nSPS) is 11.5. The van der Waals surface area contributed by atoms with Gasteiger partial charge in [-0.1, -0.05) is 60.7 Å². The summed E-state index contributed by atoms with van der Waals surface area (Å²) in [6.07, 6.45) is 0. The number of nitrogens with zero attached hydrogens (tertiary/aromatic N) is 1. The van der Waals surface area contributed by atoms with Crippen molar-refractivity contribution in [1.82, 2.24) is 4.58 Å². The molecular weight excluding hydrogens is 266 g/mol. The molecule has 1 heteroatoms. The molecule has 0 aliphatic carbocycles. The second kappa shape index (κ2) is 5.92. The summed E-state index contributed by atoms with van der Waals surface area (Å²) < 4.78 is 2.53. The van der Waals surface area contributed by atoms with E-state index in [2.05, 4.69) is 92.9 Å². The van der Waals surface area contributed by atoms with Crippen LogP contribution in [0.15, 0.2) is 60.7 Å². The predicted octanol–water partition coefficient (Wildman–Crippen LogP) is 4.49. The summed E-state index contributed by atoms with van der Waals surface area (Å²) in [6, 6.07) is 22.5. The molecule has 0 N–H and O–H groups in total. The van der Waals surface area contributed by atoms with Crippen LogP contribution in [0.4, 0.5) is 0 Å². The molecule has 0 amide bonds. The van der Waals surface area contributed by atoms with Crippen molar-refractivity contribution < 1.29 is 0 Å². The van der Waals surface area contributed by atoms with E-state index in [0.717, 1.165) is 0 Å². The second-order valence-corrected chi connectivity index (χ2v) is 6.43. The van der Waals surface area contributed by atoms with Crippen molar-refractivity contribution in [3.63, 3.8) is 0 Å². The lowest BCUT2D eigenvalue weighted by Gasteiger charge is -2.09. The molecule has 0 spiro atoms. The molecule has 0 saturated carbocycles. The molecule has 3 aromatic carbocycles. The standard InChI is InChI=1S/C21H24N/c1-15(2)22(16(3)4)21-19(17-11-7-5-8-12-17)20(21)18-13-9-6-10-14-18/h5-16H,1-4H3/q+1. The van der Waals surface area contributed by atoms with E-state index in [9.17, 15) is 0 Å². The molecule has 0 bridgehead atoms. The minimum atomic E-state index is 0.495. The Bertz CT molecular complexity index is 705. The Labute approximate surface area is 133 Å². The molecule has 0 fully saturated rings. The monoisotopic (exact) mass is 290 g/mol. The molecule has 0 aliphatic rings. The van der Waals surface area contributed by atoms with Crippen molar-refractivity contribution in [3.8, 4) is 22.3 Å². The molecule has 0 radical (unpaired) electrons. The first-order valence-electron chi connectivity index (χ1n) is 8.12. The van der Waals surface area contributed by atoms with E-state index < -0.39 is 0 Å². The topological polar surface area (TPSA) is 3.01 Å². The van der Waals surface area contributed by atoms with Crippen LogP contribution in [0.3, 0.4) is 0 Å². The first kappa shape index (κ1) is 14.8. The van der Waals surface area contributed by atoms with Gasteiger partial charge < -0.3 is 0 Å². The van der Waals surface area contributed by atoms with Gasteiger partial charge in [-0.05, 0) is 38.8 Å². The van der Waals surface area contributed by atoms with E-state index in [0.29, 0.717) is 12.1 Å².